The van der Waals surface area contributed by atoms with Crippen molar-refractivity contribution in [1.29, 1.82) is 0 Å². The first-order valence-electron chi connectivity index (χ1n) is 7.37. The van der Waals surface area contributed by atoms with Crippen molar-refractivity contribution in [3.8, 4) is 0 Å². The Labute approximate surface area is 139 Å². The average molecular weight is 336 g/mol. The Bertz CT molecular complexity index is 616. The second-order valence-corrected chi connectivity index (χ2v) is 4.75. The molecule has 1 aromatic rings. The molecule has 2 amide bonds. The van der Waals surface area contributed by atoms with Crippen LogP contribution in [0.5, 0.6) is 0 Å². The first kappa shape index (κ1) is 19.1. The summed E-state index contributed by atoms with van der Waals surface area (Å²) in [4.78, 5) is 46.9. The van der Waals surface area contributed by atoms with Crippen LogP contribution in [0, 0.1) is 0 Å². The average Bonchev–Trinajstić information content (AvgIpc) is 2.46. The molecule has 0 radical (unpaired) electrons. The summed E-state index contributed by atoms with van der Waals surface area (Å²) in [7, 11) is 0. The molecule has 2 N–H and O–H groups in total. The van der Waals surface area contributed by atoms with Gasteiger partial charge in [-0.2, -0.15) is 0 Å². The quantitative estimate of drug-likeness (QED) is 0.768. The van der Waals surface area contributed by atoms with Crippen molar-refractivity contribution >= 4 is 35.1 Å². The van der Waals surface area contributed by atoms with Crippen LogP contribution in [0.25, 0.3) is 0 Å². The smallest absolute Gasteiger partial charge is 0.340 e. The van der Waals surface area contributed by atoms with E-state index in [1.54, 1.807) is 13.8 Å². The van der Waals surface area contributed by atoms with Crippen molar-refractivity contribution < 1.29 is 28.7 Å². The van der Waals surface area contributed by atoms with E-state index in [2.05, 4.69) is 10.6 Å². The van der Waals surface area contributed by atoms with E-state index in [4.69, 9.17) is 9.47 Å². The highest BCUT2D eigenvalue weighted by atomic mass is 16.5. The standard InChI is InChI=1S/C16H20N2O6/c1-5-23-15(21)11-7-12(16(22)24-6-2)14(18-10(4)20)8-13(11)17-9(3)19/h7-8H,5-6H2,1-4H3,(H,17,19)(H,18,20). The van der Waals surface area contributed by atoms with Crippen LogP contribution in [0.15, 0.2) is 12.1 Å². The van der Waals surface area contributed by atoms with Crippen molar-refractivity contribution in [2.45, 2.75) is 27.7 Å². The molecule has 0 aromatic heterocycles. The molecule has 0 aliphatic heterocycles. The number of rotatable bonds is 6. The minimum atomic E-state index is -0.707. The number of carbonyl (C=O) groups excluding carboxylic acids is 4. The lowest BCUT2D eigenvalue weighted by Gasteiger charge is -2.15. The zero-order valence-electron chi connectivity index (χ0n) is 14.0. The van der Waals surface area contributed by atoms with Crippen LogP contribution in [0.2, 0.25) is 0 Å². The van der Waals surface area contributed by atoms with Gasteiger partial charge in [0.1, 0.15) is 0 Å². The van der Waals surface area contributed by atoms with Gasteiger partial charge in [0.2, 0.25) is 11.8 Å². The molecule has 0 spiro atoms. The third-order valence-electron chi connectivity index (χ3n) is 2.77. The second kappa shape index (κ2) is 8.66. The van der Waals surface area contributed by atoms with Gasteiger partial charge >= 0.3 is 11.9 Å². The third kappa shape index (κ3) is 5.08. The lowest BCUT2D eigenvalue weighted by atomic mass is 10.1. The maximum atomic E-state index is 12.1. The van der Waals surface area contributed by atoms with E-state index in [-0.39, 0.29) is 35.7 Å². The molecule has 24 heavy (non-hydrogen) atoms. The molecule has 0 heterocycles. The van der Waals surface area contributed by atoms with E-state index < -0.39 is 23.8 Å². The Hall–Kier alpha value is -2.90. The van der Waals surface area contributed by atoms with Gasteiger partial charge in [-0.3, -0.25) is 9.59 Å². The molecule has 0 bridgehead atoms. The van der Waals surface area contributed by atoms with Crippen LogP contribution in [0.3, 0.4) is 0 Å². The van der Waals surface area contributed by atoms with Crippen LogP contribution >= 0.6 is 0 Å². The Balaban J connectivity index is 3.51. The molecule has 1 aromatic carbocycles. The fraction of sp³-hybridized carbons (Fsp3) is 0.375. The summed E-state index contributed by atoms with van der Waals surface area (Å²) in [5.74, 6) is -2.25. The van der Waals surface area contributed by atoms with E-state index >= 15 is 0 Å². The van der Waals surface area contributed by atoms with Gasteiger partial charge in [-0.25, -0.2) is 9.59 Å². The van der Waals surface area contributed by atoms with Crippen molar-refractivity contribution in [2.75, 3.05) is 23.8 Å². The van der Waals surface area contributed by atoms with E-state index in [1.807, 2.05) is 0 Å². The highest BCUT2D eigenvalue weighted by Crippen LogP contribution is 2.27. The molecular weight excluding hydrogens is 316 g/mol. The van der Waals surface area contributed by atoms with Crippen molar-refractivity contribution in [3.05, 3.63) is 23.3 Å². The van der Waals surface area contributed by atoms with E-state index in [1.165, 1.54) is 26.0 Å². The molecule has 8 heteroatoms. The fourth-order valence-corrected chi connectivity index (χ4v) is 1.94. The minimum absolute atomic E-state index is 0.01000. The van der Waals surface area contributed by atoms with Gasteiger partial charge in [0.05, 0.1) is 35.7 Å². The van der Waals surface area contributed by atoms with E-state index in [9.17, 15) is 19.2 Å². The minimum Gasteiger partial charge on any atom is -0.462 e. The molecule has 1 rings (SSSR count). The fourth-order valence-electron chi connectivity index (χ4n) is 1.94. The highest BCUT2D eigenvalue weighted by molar-refractivity contribution is 6.08. The SMILES string of the molecule is CCOC(=O)c1cc(C(=O)OCC)c(NC(C)=O)cc1NC(C)=O. The molecule has 0 unspecified atom stereocenters. The van der Waals surface area contributed by atoms with Crippen molar-refractivity contribution in [1.82, 2.24) is 0 Å². The lowest BCUT2D eigenvalue weighted by Crippen LogP contribution is -2.18. The van der Waals surface area contributed by atoms with E-state index in [0.717, 1.165) is 0 Å². The highest BCUT2D eigenvalue weighted by Gasteiger charge is 2.22. The molecule has 130 valence electrons. The Morgan fingerprint density at radius 2 is 1.17 bits per heavy atom. The number of esters is 2. The van der Waals surface area contributed by atoms with Crippen LogP contribution in [-0.4, -0.2) is 37.0 Å². The summed E-state index contributed by atoms with van der Waals surface area (Å²) in [6.45, 7) is 6.06. The largest absolute Gasteiger partial charge is 0.462 e. The summed E-state index contributed by atoms with van der Waals surface area (Å²) in [6.07, 6.45) is 0. The summed E-state index contributed by atoms with van der Waals surface area (Å²) < 4.78 is 9.87. The molecule has 8 nitrogen and oxygen atoms in total. The monoisotopic (exact) mass is 336 g/mol. The maximum absolute atomic E-state index is 12.1. The zero-order valence-corrected chi connectivity index (χ0v) is 14.0. The number of nitrogens with one attached hydrogen (secondary N) is 2. The molecular formula is C16H20N2O6. The Morgan fingerprint density at radius 3 is 1.46 bits per heavy atom. The van der Waals surface area contributed by atoms with Crippen LogP contribution in [0.1, 0.15) is 48.4 Å². The van der Waals surface area contributed by atoms with Gasteiger partial charge in [-0.1, -0.05) is 0 Å². The summed E-state index contributed by atoms with van der Waals surface area (Å²) >= 11 is 0. The number of benzene rings is 1. The molecule has 0 aliphatic rings. The van der Waals surface area contributed by atoms with Gasteiger partial charge in [0, 0.05) is 13.8 Å². The topological polar surface area (TPSA) is 111 Å². The van der Waals surface area contributed by atoms with E-state index in [0.29, 0.717) is 0 Å². The van der Waals surface area contributed by atoms with Gasteiger partial charge < -0.3 is 20.1 Å². The summed E-state index contributed by atoms with van der Waals surface area (Å²) in [5.41, 5.74) is 0.226. The number of anilines is 2. The molecule has 0 saturated carbocycles. The van der Waals surface area contributed by atoms with Crippen molar-refractivity contribution in [3.63, 3.8) is 0 Å². The third-order valence-corrected chi connectivity index (χ3v) is 2.77. The lowest BCUT2D eigenvalue weighted by molar-refractivity contribution is -0.115. The number of amides is 2. The molecule has 0 fully saturated rings. The molecule has 0 saturated heterocycles. The predicted octanol–water partition coefficient (Wildman–Crippen LogP) is 1.96. The zero-order chi connectivity index (χ0) is 18.3. The first-order valence-corrected chi connectivity index (χ1v) is 7.37. The maximum Gasteiger partial charge on any atom is 0.340 e. The first-order chi connectivity index (χ1) is 11.3. The Morgan fingerprint density at radius 1 is 0.792 bits per heavy atom. The number of carbonyl (C=O) groups is 4. The number of hydrogen-bond donors (Lipinski definition) is 2. The molecule has 0 aliphatic carbocycles. The van der Waals surface area contributed by atoms with Gasteiger partial charge in [-0.05, 0) is 26.0 Å². The van der Waals surface area contributed by atoms with Gasteiger partial charge in [-0.15, -0.1) is 0 Å². The normalized spacial score (nSPS) is 9.83. The molecule has 0 atom stereocenters. The number of hydrogen-bond acceptors (Lipinski definition) is 6. The van der Waals surface area contributed by atoms with Crippen LogP contribution < -0.4 is 10.6 Å². The summed E-state index contributed by atoms with van der Waals surface area (Å²) in [5, 5.41) is 4.96. The van der Waals surface area contributed by atoms with Crippen molar-refractivity contribution in [2.24, 2.45) is 0 Å². The van der Waals surface area contributed by atoms with Gasteiger partial charge in [0.25, 0.3) is 0 Å². The van der Waals surface area contributed by atoms with Gasteiger partial charge in [0.15, 0.2) is 0 Å². The van der Waals surface area contributed by atoms with Crippen LogP contribution in [0.4, 0.5) is 11.4 Å². The number of ether oxygens (including phenoxy) is 2. The van der Waals surface area contributed by atoms with Crippen LogP contribution in [-0.2, 0) is 19.1 Å². The predicted molar refractivity (Wildman–Crippen MR) is 87.0 cm³/mol. The summed E-state index contributed by atoms with van der Waals surface area (Å²) in [6, 6.07) is 2.55. The Kier molecular flexibility index (Phi) is 6.91. The second-order valence-electron chi connectivity index (χ2n) is 4.75.